The third kappa shape index (κ3) is 2.58. The second kappa shape index (κ2) is 5.54. The zero-order valence-corrected chi connectivity index (χ0v) is 12.7. The van der Waals surface area contributed by atoms with E-state index in [2.05, 4.69) is 27.9 Å². The summed E-state index contributed by atoms with van der Waals surface area (Å²) in [4.78, 5) is 13.4. The van der Waals surface area contributed by atoms with Gasteiger partial charge in [0.05, 0.1) is 12.0 Å². The number of thiophene rings is 1. The monoisotopic (exact) mass is 292 g/mol. The van der Waals surface area contributed by atoms with Crippen LogP contribution < -0.4 is 10.6 Å². The lowest BCUT2D eigenvalue weighted by atomic mass is 9.99. The lowest BCUT2D eigenvalue weighted by Crippen LogP contribution is -2.37. The fourth-order valence-corrected chi connectivity index (χ4v) is 3.79. The van der Waals surface area contributed by atoms with Gasteiger partial charge in [0.2, 0.25) is 5.95 Å². The van der Waals surface area contributed by atoms with E-state index in [9.17, 15) is 0 Å². The van der Waals surface area contributed by atoms with Gasteiger partial charge < -0.3 is 15.4 Å². The van der Waals surface area contributed by atoms with Crippen LogP contribution in [0.25, 0.3) is 10.2 Å². The molecule has 0 radical (unpaired) electrons. The summed E-state index contributed by atoms with van der Waals surface area (Å²) in [5.74, 6) is 1.92. The van der Waals surface area contributed by atoms with Gasteiger partial charge in [0.1, 0.15) is 10.6 Å². The molecule has 1 unspecified atom stereocenters. The Morgan fingerprint density at radius 3 is 3.15 bits per heavy atom. The Bertz CT molecular complexity index is 610. The fraction of sp³-hybridized carbons (Fsp3) is 0.571. The first-order valence-electron chi connectivity index (χ1n) is 6.95. The lowest BCUT2D eigenvalue weighted by molar-refractivity contribution is 0.143. The zero-order valence-electron chi connectivity index (χ0n) is 11.9. The number of nitrogens with zero attached hydrogens (tertiary/aromatic N) is 3. The maximum Gasteiger partial charge on any atom is 0.223 e. The largest absolute Gasteiger partial charge is 0.384 e. The summed E-state index contributed by atoms with van der Waals surface area (Å²) in [5, 5.41) is 1.12. The molecule has 2 N–H and O–H groups in total. The van der Waals surface area contributed by atoms with Gasteiger partial charge in [-0.1, -0.05) is 0 Å². The molecule has 20 heavy (non-hydrogen) atoms. The first-order valence-corrected chi connectivity index (χ1v) is 7.76. The second-order valence-corrected chi connectivity index (χ2v) is 6.63. The van der Waals surface area contributed by atoms with Crippen molar-refractivity contribution in [2.75, 3.05) is 37.4 Å². The Hall–Kier alpha value is -1.40. The van der Waals surface area contributed by atoms with Crippen LogP contribution in [0.5, 0.6) is 0 Å². The molecule has 0 aliphatic carbocycles. The van der Waals surface area contributed by atoms with Gasteiger partial charge in [0.15, 0.2) is 0 Å². The van der Waals surface area contributed by atoms with Gasteiger partial charge >= 0.3 is 0 Å². The number of nitrogens with two attached hydrogens (primary N) is 1. The molecule has 5 nitrogen and oxygen atoms in total. The molecule has 1 saturated heterocycles. The van der Waals surface area contributed by atoms with Crippen molar-refractivity contribution in [2.45, 2.75) is 19.8 Å². The van der Waals surface area contributed by atoms with Crippen LogP contribution in [0.3, 0.4) is 0 Å². The smallest absolute Gasteiger partial charge is 0.223 e. The standard InChI is InChI=1S/C14H20N4OS/c1-9-6-11-12(16-14(15)17-13(11)20-9)18-5-3-4-10(7-18)8-19-2/h6,10H,3-5,7-8H2,1-2H3,(H2,15,16,17). The van der Waals surface area contributed by atoms with Gasteiger partial charge in [0.25, 0.3) is 0 Å². The summed E-state index contributed by atoms with van der Waals surface area (Å²) >= 11 is 1.67. The SMILES string of the molecule is COCC1CCCN(c2nc(N)nc3sc(C)cc23)C1. The predicted octanol–water partition coefficient (Wildman–Crippen LogP) is 2.44. The third-order valence-corrected chi connectivity index (χ3v) is 4.68. The second-order valence-electron chi connectivity index (χ2n) is 5.39. The summed E-state index contributed by atoms with van der Waals surface area (Å²) < 4.78 is 5.30. The van der Waals surface area contributed by atoms with Crippen molar-refractivity contribution in [2.24, 2.45) is 5.92 Å². The number of anilines is 2. The fourth-order valence-electron chi connectivity index (χ4n) is 2.91. The van der Waals surface area contributed by atoms with E-state index in [0.29, 0.717) is 11.9 Å². The molecule has 3 heterocycles. The van der Waals surface area contributed by atoms with Crippen molar-refractivity contribution >= 4 is 33.3 Å². The van der Waals surface area contributed by atoms with Crippen LogP contribution in [0.1, 0.15) is 17.7 Å². The van der Waals surface area contributed by atoms with Crippen LogP contribution in [0.15, 0.2) is 6.07 Å². The van der Waals surface area contributed by atoms with Gasteiger partial charge in [-0.15, -0.1) is 11.3 Å². The number of methoxy groups -OCH3 is 1. The molecule has 6 heteroatoms. The van der Waals surface area contributed by atoms with E-state index in [1.807, 2.05) is 0 Å². The first kappa shape index (κ1) is 13.6. The quantitative estimate of drug-likeness (QED) is 0.941. The number of fused-ring (bicyclic) bond motifs is 1. The van der Waals surface area contributed by atoms with Crippen LogP contribution in [0.4, 0.5) is 11.8 Å². The molecular formula is C14H20N4OS. The van der Waals surface area contributed by atoms with Crippen molar-refractivity contribution in [3.63, 3.8) is 0 Å². The number of hydrogen-bond donors (Lipinski definition) is 1. The number of aromatic nitrogens is 2. The highest BCUT2D eigenvalue weighted by Crippen LogP contribution is 2.33. The van der Waals surface area contributed by atoms with Crippen molar-refractivity contribution in [1.29, 1.82) is 0 Å². The molecule has 2 aromatic rings. The van der Waals surface area contributed by atoms with E-state index in [1.54, 1.807) is 18.4 Å². The maximum atomic E-state index is 5.87. The average molecular weight is 292 g/mol. The van der Waals surface area contributed by atoms with E-state index in [-0.39, 0.29) is 0 Å². The van der Waals surface area contributed by atoms with Gasteiger partial charge in [-0.2, -0.15) is 4.98 Å². The molecule has 1 atom stereocenters. The van der Waals surface area contributed by atoms with Gasteiger partial charge in [-0.25, -0.2) is 4.98 Å². The lowest BCUT2D eigenvalue weighted by Gasteiger charge is -2.33. The van der Waals surface area contributed by atoms with Gasteiger partial charge in [0, 0.05) is 25.1 Å². The molecule has 0 amide bonds. The number of rotatable bonds is 3. The van der Waals surface area contributed by atoms with Gasteiger partial charge in [-0.05, 0) is 31.7 Å². The van der Waals surface area contributed by atoms with Crippen molar-refractivity contribution in [1.82, 2.24) is 9.97 Å². The van der Waals surface area contributed by atoms with Crippen molar-refractivity contribution in [3.05, 3.63) is 10.9 Å². The van der Waals surface area contributed by atoms with Crippen LogP contribution in [0.2, 0.25) is 0 Å². The normalized spacial score (nSPS) is 19.7. The molecule has 108 valence electrons. The number of aryl methyl sites for hydroxylation is 1. The summed E-state index contributed by atoms with van der Waals surface area (Å²) in [7, 11) is 1.77. The van der Waals surface area contributed by atoms with Crippen molar-refractivity contribution < 1.29 is 4.74 Å². The highest BCUT2D eigenvalue weighted by molar-refractivity contribution is 7.18. The first-order chi connectivity index (χ1) is 9.67. The van der Waals surface area contributed by atoms with E-state index in [4.69, 9.17) is 10.5 Å². The Labute approximate surface area is 122 Å². The Balaban J connectivity index is 1.96. The summed E-state index contributed by atoms with van der Waals surface area (Å²) in [5.41, 5.74) is 5.87. The molecule has 1 fully saturated rings. The van der Waals surface area contributed by atoms with E-state index < -0.39 is 0 Å². The zero-order chi connectivity index (χ0) is 14.1. The Kier molecular flexibility index (Phi) is 3.76. The van der Waals surface area contributed by atoms with Crippen molar-refractivity contribution in [3.8, 4) is 0 Å². The van der Waals surface area contributed by atoms with E-state index >= 15 is 0 Å². The maximum absolute atomic E-state index is 5.87. The average Bonchev–Trinajstić information content (AvgIpc) is 2.78. The summed E-state index contributed by atoms with van der Waals surface area (Å²) in [6, 6.07) is 2.16. The predicted molar refractivity (Wildman–Crippen MR) is 83.4 cm³/mol. The Morgan fingerprint density at radius 1 is 1.50 bits per heavy atom. The number of ether oxygens (including phenoxy) is 1. The summed E-state index contributed by atoms with van der Waals surface area (Å²) in [6.45, 7) is 4.91. The topological polar surface area (TPSA) is 64.3 Å². The molecule has 0 spiro atoms. The van der Waals surface area contributed by atoms with E-state index in [1.165, 1.54) is 17.7 Å². The minimum absolute atomic E-state index is 0.364. The highest BCUT2D eigenvalue weighted by atomic mass is 32.1. The third-order valence-electron chi connectivity index (χ3n) is 3.73. The van der Waals surface area contributed by atoms with Crippen LogP contribution >= 0.6 is 11.3 Å². The summed E-state index contributed by atoms with van der Waals surface area (Å²) in [6.07, 6.45) is 2.39. The Morgan fingerprint density at radius 2 is 2.35 bits per heavy atom. The molecule has 1 aliphatic heterocycles. The molecule has 0 bridgehead atoms. The number of hydrogen-bond acceptors (Lipinski definition) is 6. The minimum Gasteiger partial charge on any atom is -0.384 e. The van der Waals surface area contributed by atoms with Crippen LogP contribution in [0, 0.1) is 12.8 Å². The molecule has 0 aromatic carbocycles. The van der Waals surface area contributed by atoms with E-state index in [0.717, 1.165) is 35.7 Å². The van der Waals surface area contributed by atoms with Gasteiger partial charge in [-0.3, -0.25) is 0 Å². The molecule has 1 aliphatic rings. The number of nitrogen functional groups attached to an aromatic ring is 1. The highest BCUT2D eigenvalue weighted by Gasteiger charge is 2.23. The minimum atomic E-state index is 0.364. The van der Waals surface area contributed by atoms with Crippen LogP contribution in [-0.4, -0.2) is 36.8 Å². The molecule has 3 rings (SSSR count). The van der Waals surface area contributed by atoms with Crippen LogP contribution in [-0.2, 0) is 4.74 Å². The number of piperidine rings is 1. The molecule has 2 aromatic heterocycles. The molecular weight excluding hydrogens is 272 g/mol. The molecule has 0 saturated carbocycles.